The van der Waals surface area contributed by atoms with Crippen molar-refractivity contribution >= 4 is 22.4 Å². The second-order valence-corrected chi connectivity index (χ2v) is 4.40. The van der Waals surface area contributed by atoms with Gasteiger partial charge in [0.2, 0.25) is 0 Å². The van der Waals surface area contributed by atoms with Crippen molar-refractivity contribution in [1.82, 2.24) is 10.3 Å². The molecule has 16 heavy (non-hydrogen) atoms. The molecule has 1 unspecified atom stereocenters. The van der Waals surface area contributed by atoms with E-state index < -0.39 is 5.54 Å². The Kier molecular flexibility index (Phi) is 3.17. The van der Waals surface area contributed by atoms with E-state index in [-0.39, 0.29) is 5.91 Å². The molecule has 1 aliphatic rings. The first-order valence-corrected chi connectivity index (χ1v) is 5.89. The Labute approximate surface area is 98.1 Å². The van der Waals surface area contributed by atoms with Crippen molar-refractivity contribution in [3.05, 3.63) is 35.9 Å². The molecule has 0 fully saturated rings. The number of nitrogens with zero attached hydrogens (tertiary/aromatic N) is 1. The number of anilines is 1. The molecular weight excluding hydrogens is 222 g/mol. The molecule has 0 saturated heterocycles. The van der Waals surface area contributed by atoms with Gasteiger partial charge in [-0.05, 0) is 13.5 Å². The molecule has 1 atom stereocenters. The number of amides is 1. The number of hydrogen-bond acceptors (Lipinski definition) is 4. The summed E-state index contributed by atoms with van der Waals surface area (Å²) < 4.78 is 0. The highest BCUT2D eigenvalue weighted by Gasteiger charge is 2.34. The molecule has 0 aliphatic heterocycles. The Bertz CT molecular complexity index is 424. The van der Waals surface area contributed by atoms with Crippen LogP contribution in [-0.2, 0) is 4.79 Å². The summed E-state index contributed by atoms with van der Waals surface area (Å²) in [6.45, 7) is 0. The molecule has 0 spiro atoms. The molecule has 1 amide bonds. The maximum absolute atomic E-state index is 12.1. The first-order chi connectivity index (χ1) is 7.77. The number of nitrogens with one attached hydrogen (secondary N) is 2. The lowest BCUT2D eigenvalue weighted by Crippen LogP contribution is -2.51. The van der Waals surface area contributed by atoms with Crippen LogP contribution in [0, 0.1) is 0 Å². The molecule has 84 valence electrons. The zero-order valence-electron chi connectivity index (χ0n) is 8.93. The van der Waals surface area contributed by atoms with Gasteiger partial charge in [-0.1, -0.05) is 24.3 Å². The molecule has 0 aromatic carbocycles. The van der Waals surface area contributed by atoms with Crippen LogP contribution in [-0.4, -0.2) is 23.5 Å². The summed E-state index contributed by atoms with van der Waals surface area (Å²) in [6, 6.07) is 0. The van der Waals surface area contributed by atoms with Crippen molar-refractivity contribution in [2.75, 3.05) is 12.4 Å². The first kappa shape index (κ1) is 11.0. The van der Waals surface area contributed by atoms with Gasteiger partial charge in [0.1, 0.15) is 5.54 Å². The Morgan fingerprint density at radius 1 is 1.56 bits per heavy atom. The van der Waals surface area contributed by atoms with E-state index in [1.807, 2.05) is 29.7 Å². The fraction of sp³-hybridized carbons (Fsp3) is 0.273. The summed E-state index contributed by atoms with van der Waals surface area (Å²) >= 11 is 1.41. The molecular formula is C11H13N3OS. The van der Waals surface area contributed by atoms with E-state index in [4.69, 9.17) is 0 Å². The Hall–Kier alpha value is -1.46. The molecule has 2 N–H and O–H groups in total. The van der Waals surface area contributed by atoms with Crippen molar-refractivity contribution in [2.45, 2.75) is 12.0 Å². The van der Waals surface area contributed by atoms with E-state index >= 15 is 0 Å². The van der Waals surface area contributed by atoms with Gasteiger partial charge in [-0.15, -0.1) is 11.3 Å². The quantitative estimate of drug-likeness (QED) is 0.836. The molecule has 0 saturated carbocycles. The summed E-state index contributed by atoms with van der Waals surface area (Å²) in [4.78, 5) is 16.2. The van der Waals surface area contributed by atoms with Gasteiger partial charge >= 0.3 is 0 Å². The topological polar surface area (TPSA) is 54.0 Å². The number of thiazole rings is 1. The molecule has 1 aromatic heterocycles. The van der Waals surface area contributed by atoms with Gasteiger partial charge in [-0.25, -0.2) is 4.98 Å². The lowest BCUT2D eigenvalue weighted by Gasteiger charge is -2.28. The minimum absolute atomic E-state index is 0.0782. The maximum atomic E-state index is 12.1. The fourth-order valence-electron chi connectivity index (χ4n) is 1.58. The van der Waals surface area contributed by atoms with Crippen LogP contribution in [0.1, 0.15) is 6.42 Å². The van der Waals surface area contributed by atoms with Gasteiger partial charge in [-0.3, -0.25) is 4.79 Å². The third kappa shape index (κ3) is 2.05. The zero-order valence-corrected chi connectivity index (χ0v) is 9.75. The first-order valence-electron chi connectivity index (χ1n) is 5.01. The highest BCUT2D eigenvalue weighted by Crippen LogP contribution is 2.20. The van der Waals surface area contributed by atoms with Gasteiger partial charge in [0.25, 0.3) is 5.91 Å². The molecule has 2 rings (SSSR count). The van der Waals surface area contributed by atoms with Crippen LogP contribution < -0.4 is 10.6 Å². The van der Waals surface area contributed by atoms with Crippen LogP contribution in [0.2, 0.25) is 0 Å². The lowest BCUT2D eigenvalue weighted by molar-refractivity contribution is -0.120. The van der Waals surface area contributed by atoms with E-state index in [2.05, 4.69) is 15.6 Å². The molecule has 1 aromatic rings. The SMILES string of the molecule is CNC1(C(=O)Nc2nccs2)C=CC=CC1. The maximum Gasteiger partial charge on any atom is 0.250 e. The molecule has 0 bridgehead atoms. The predicted octanol–water partition coefficient (Wildman–Crippen LogP) is 1.56. The molecule has 1 aliphatic carbocycles. The third-order valence-electron chi connectivity index (χ3n) is 2.57. The Morgan fingerprint density at radius 2 is 2.44 bits per heavy atom. The fourth-order valence-corrected chi connectivity index (χ4v) is 2.11. The summed E-state index contributed by atoms with van der Waals surface area (Å²) in [5.41, 5.74) is -0.652. The van der Waals surface area contributed by atoms with E-state index in [1.54, 1.807) is 13.2 Å². The molecule has 4 nitrogen and oxygen atoms in total. The zero-order chi connectivity index (χ0) is 11.4. The monoisotopic (exact) mass is 235 g/mol. The van der Waals surface area contributed by atoms with Crippen molar-refractivity contribution in [1.29, 1.82) is 0 Å². The number of carbonyl (C=O) groups is 1. The smallest absolute Gasteiger partial charge is 0.250 e. The van der Waals surface area contributed by atoms with Crippen LogP contribution in [0.5, 0.6) is 0 Å². The van der Waals surface area contributed by atoms with E-state index in [0.717, 1.165) is 0 Å². The molecule has 0 radical (unpaired) electrons. The molecule has 5 heteroatoms. The summed E-state index contributed by atoms with van der Waals surface area (Å²) in [6.07, 6.45) is 9.97. The standard InChI is InChI=1S/C11H13N3OS/c1-12-11(5-3-2-4-6-11)9(15)14-10-13-7-8-16-10/h2-5,7-8,12H,6H2,1H3,(H,13,14,15). The lowest BCUT2D eigenvalue weighted by atomic mass is 9.90. The number of allylic oxidation sites excluding steroid dienone is 2. The number of hydrogen-bond donors (Lipinski definition) is 2. The minimum atomic E-state index is -0.652. The van der Waals surface area contributed by atoms with Crippen LogP contribution in [0.3, 0.4) is 0 Å². The number of rotatable bonds is 3. The Balaban J connectivity index is 2.13. The highest BCUT2D eigenvalue weighted by molar-refractivity contribution is 7.13. The van der Waals surface area contributed by atoms with Crippen LogP contribution in [0.15, 0.2) is 35.9 Å². The van der Waals surface area contributed by atoms with Gasteiger partial charge in [0.05, 0.1) is 0 Å². The van der Waals surface area contributed by atoms with Crippen LogP contribution in [0.4, 0.5) is 5.13 Å². The second-order valence-electron chi connectivity index (χ2n) is 3.50. The summed E-state index contributed by atoms with van der Waals surface area (Å²) in [5.74, 6) is -0.0782. The largest absolute Gasteiger partial charge is 0.303 e. The second kappa shape index (κ2) is 4.59. The summed E-state index contributed by atoms with van der Waals surface area (Å²) in [5, 5.41) is 8.32. The van der Waals surface area contributed by atoms with Gasteiger partial charge in [0, 0.05) is 11.6 Å². The van der Waals surface area contributed by atoms with Crippen molar-refractivity contribution in [3.8, 4) is 0 Å². The van der Waals surface area contributed by atoms with E-state index in [1.165, 1.54) is 11.3 Å². The number of carbonyl (C=O) groups excluding carboxylic acids is 1. The summed E-state index contributed by atoms with van der Waals surface area (Å²) in [7, 11) is 1.78. The van der Waals surface area contributed by atoms with E-state index in [0.29, 0.717) is 11.6 Å². The van der Waals surface area contributed by atoms with Crippen molar-refractivity contribution in [3.63, 3.8) is 0 Å². The van der Waals surface area contributed by atoms with Gasteiger partial charge in [0.15, 0.2) is 5.13 Å². The molecule has 1 heterocycles. The van der Waals surface area contributed by atoms with Crippen LogP contribution in [0.25, 0.3) is 0 Å². The van der Waals surface area contributed by atoms with Crippen molar-refractivity contribution < 1.29 is 4.79 Å². The van der Waals surface area contributed by atoms with Crippen molar-refractivity contribution in [2.24, 2.45) is 0 Å². The van der Waals surface area contributed by atoms with Gasteiger partial charge in [-0.2, -0.15) is 0 Å². The number of likely N-dealkylation sites (N-methyl/N-ethyl adjacent to an activating group) is 1. The average molecular weight is 235 g/mol. The van der Waals surface area contributed by atoms with Crippen LogP contribution >= 0.6 is 11.3 Å². The minimum Gasteiger partial charge on any atom is -0.303 e. The van der Waals surface area contributed by atoms with Gasteiger partial charge < -0.3 is 10.6 Å². The van der Waals surface area contributed by atoms with E-state index in [9.17, 15) is 4.79 Å². The normalized spacial score (nSPS) is 23.3. The Morgan fingerprint density at radius 3 is 3.00 bits per heavy atom. The average Bonchev–Trinajstić information content (AvgIpc) is 2.82. The predicted molar refractivity (Wildman–Crippen MR) is 65.4 cm³/mol. The highest BCUT2D eigenvalue weighted by atomic mass is 32.1. The third-order valence-corrected chi connectivity index (χ3v) is 3.26. The number of aromatic nitrogens is 1.